The molecule has 0 unspecified atom stereocenters. The molecule has 1 heterocycles. The van der Waals surface area contributed by atoms with Crippen LogP contribution in [0.25, 0.3) is 0 Å². The molecule has 0 amide bonds. The number of ketones is 1. The molecule has 1 aromatic carbocycles. The van der Waals surface area contributed by atoms with Crippen molar-refractivity contribution < 1.29 is 13.2 Å². The van der Waals surface area contributed by atoms with Crippen LogP contribution in [-0.4, -0.2) is 27.3 Å². The van der Waals surface area contributed by atoms with E-state index in [1.807, 2.05) is 4.90 Å². The Morgan fingerprint density at radius 3 is 2.37 bits per heavy atom. The van der Waals surface area contributed by atoms with Crippen molar-refractivity contribution in [1.29, 1.82) is 0 Å². The van der Waals surface area contributed by atoms with Gasteiger partial charge < -0.3 is 4.90 Å². The smallest absolute Gasteiger partial charge is 0.240 e. The number of nitrogens with two attached hydrogens (primary N) is 1. The van der Waals surface area contributed by atoms with E-state index in [4.69, 9.17) is 5.14 Å². The molecule has 19 heavy (non-hydrogen) atoms. The molecule has 0 bridgehead atoms. The SMILES string of the molecule is CC(=O)c1ccc(N2CCCCC2)c(S(N)(=O)=O)c1. The summed E-state index contributed by atoms with van der Waals surface area (Å²) in [5, 5.41) is 5.27. The van der Waals surface area contributed by atoms with Gasteiger partial charge in [-0.25, -0.2) is 13.6 Å². The normalized spacial score (nSPS) is 16.4. The molecular weight excluding hydrogens is 264 g/mol. The predicted octanol–water partition coefficient (Wildman–Crippen LogP) is 1.53. The number of primary sulfonamides is 1. The molecule has 0 atom stereocenters. The van der Waals surface area contributed by atoms with Gasteiger partial charge in [-0.15, -0.1) is 0 Å². The Labute approximate surface area is 113 Å². The van der Waals surface area contributed by atoms with Gasteiger partial charge in [-0.3, -0.25) is 4.79 Å². The lowest BCUT2D eigenvalue weighted by atomic mass is 10.1. The second kappa shape index (κ2) is 5.30. The van der Waals surface area contributed by atoms with E-state index in [1.165, 1.54) is 13.0 Å². The number of Topliss-reactive ketones (excluding diaryl/α,β-unsaturated/α-hetero) is 1. The number of hydrogen-bond donors (Lipinski definition) is 1. The van der Waals surface area contributed by atoms with E-state index in [2.05, 4.69) is 0 Å². The molecule has 2 rings (SSSR count). The topological polar surface area (TPSA) is 80.5 Å². The fraction of sp³-hybridized carbons (Fsp3) is 0.462. The molecule has 1 aliphatic rings. The fourth-order valence-corrected chi connectivity index (χ4v) is 3.14. The zero-order chi connectivity index (χ0) is 14.0. The molecule has 0 saturated carbocycles. The molecular formula is C13H18N2O3S. The maximum absolute atomic E-state index is 11.7. The van der Waals surface area contributed by atoms with Crippen molar-refractivity contribution in [2.24, 2.45) is 5.14 Å². The van der Waals surface area contributed by atoms with E-state index >= 15 is 0 Å². The highest BCUT2D eigenvalue weighted by Crippen LogP contribution is 2.28. The van der Waals surface area contributed by atoms with E-state index in [0.717, 1.165) is 32.4 Å². The first-order valence-corrected chi connectivity index (χ1v) is 7.87. The second-order valence-corrected chi connectivity index (χ2v) is 6.36. The average molecular weight is 282 g/mol. The molecule has 2 N–H and O–H groups in total. The summed E-state index contributed by atoms with van der Waals surface area (Å²) in [6.07, 6.45) is 3.24. The zero-order valence-corrected chi connectivity index (χ0v) is 11.7. The molecule has 0 aromatic heterocycles. The van der Waals surface area contributed by atoms with E-state index < -0.39 is 10.0 Å². The minimum Gasteiger partial charge on any atom is -0.370 e. The standard InChI is InChI=1S/C13H18N2O3S/c1-10(16)11-5-6-12(13(9-11)19(14,17)18)15-7-3-2-4-8-15/h5-6,9H,2-4,7-8H2,1H3,(H2,14,17,18). The Hall–Kier alpha value is -1.40. The first kappa shape index (κ1) is 14.0. The van der Waals surface area contributed by atoms with Crippen molar-refractivity contribution in [2.75, 3.05) is 18.0 Å². The van der Waals surface area contributed by atoms with Crippen LogP contribution in [0, 0.1) is 0 Å². The van der Waals surface area contributed by atoms with E-state index in [1.54, 1.807) is 12.1 Å². The number of benzene rings is 1. The van der Waals surface area contributed by atoms with Crippen LogP contribution < -0.4 is 10.0 Å². The number of rotatable bonds is 3. The fourth-order valence-electron chi connectivity index (χ4n) is 2.36. The summed E-state index contributed by atoms with van der Waals surface area (Å²) in [4.78, 5) is 13.4. The Balaban J connectivity index is 2.50. The Kier molecular flexibility index (Phi) is 3.91. The number of piperidine rings is 1. The highest BCUT2D eigenvalue weighted by molar-refractivity contribution is 7.89. The van der Waals surface area contributed by atoms with Crippen LogP contribution in [-0.2, 0) is 10.0 Å². The number of hydrogen-bond acceptors (Lipinski definition) is 4. The van der Waals surface area contributed by atoms with Gasteiger partial charge in [0.2, 0.25) is 10.0 Å². The van der Waals surface area contributed by atoms with E-state index in [-0.39, 0.29) is 10.7 Å². The quantitative estimate of drug-likeness (QED) is 0.852. The summed E-state index contributed by atoms with van der Waals surface area (Å²) in [5.41, 5.74) is 0.969. The lowest BCUT2D eigenvalue weighted by Gasteiger charge is -2.30. The average Bonchev–Trinajstić information content (AvgIpc) is 2.38. The van der Waals surface area contributed by atoms with Crippen molar-refractivity contribution in [3.8, 4) is 0 Å². The van der Waals surface area contributed by atoms with Gasteiger partial charge in [-0.2, -0.15) is 0 Å². The van der Waals surface area contributed by atoms with Crippen LogP contribution in [0.1, 0.15) is 36.5 Å². The first-order valence-electron chi connectivity index (χ1n) is 6.32. The van der Waals surface area contributed by atoms with Gasteiger partial charge >= 0.3 is 0 Å². The Bertz CT molecular complexity index is 590. The van der Waals surface area contributed by atoms with Gasteiger partial charge in [-0.1, -0.05) is 0 Å². The summed E-state index contributed by atoms with van der Waals surface area (Å²) in [7, 11) is -3.83. The second-order valence-electron chi connectivity index (χ2n) is 4.83. The van der Waals surface area contributed by atoms with Crippen LogP contribution in [0.2, 0.25) is 0 Å². The van der Waals surface area contributed by atoms with Gasteiger partial charge in [0, 0.05) is 18.7 Å². The molecule has 1 fully saturated rings. The van der Waals surface area contributed by atoms with Crippen LogP contribution in [0.3, 0.4) is 0 Å². The number of anilines is 1. The van der Waals surface area contributed by atoms with E-state index in [0.29, 0.717) is 11.3 Å². The van der Waals surface area contributed by atoms with Crippen molar-refractivity contribution >= 4 is 21.5 Å². The van der Waals surface area contributed by atoms with Crippen molar-refractivity contribution in [2.45, 2.75) is 31.1 Å². The minimum atomic E-state index is -3.83. The number of carbonyl (C=O) groups is 1. The number of sulfonamides is 1. The van der Waals surface area contributed by atoms with Crippen LogP contribution in [0.5, 0.6) is 0 Å². The molecule has 1 aromatic rings. The number of carbonyl (C=O) groups excluding carboxylic acids is 1. The molecule has 1 aliphatic heterocycles. The lowest BCUT2D eigenvalue weighted by molar-refractivity contribution is 0.101. The summed E-state index contributed by atoms with van der Waals surface area (Å²) in [6, 6.07) is 4.71. The van der Waals surface area contributed by atoms with Gasteiger partial charge in [0.05, 0.1) is 5.69 Å². The molecule has 0 aliphatic carbocycles. The van der Waals surface area contributed by atoms with Crippen LogP contribution >= 0.6 is 0 Å². The molecule has 5 nitrogen and oxygen atoms in total. The third-order valence-electron chi connectivity index (χ3n) is 3.37. The van der Waals surface area contributed by atoms with Gasteiger partial charge in [0.25, 0.3) is 0 Å². The van der Waals surface area contributed by atoms with Crippen molar-refractivity contribution in [3.05, 3.63) is 23.8 Å². The molecule has 1 saturated heterocycles. The summed E-state index contributed by atoms with van der Waals surface area (Å²) in [5.74, 6) is -0.171. The third kappa shape index (κ3) is 3.13. The summed E-state index contributed by atoms with van der Waals surface area (Å²) < 4.78 is 23.4. The highest BCUT2D eigenvalue weighted by Gasteiger charge is 2.21. The number of nitrogens with zero attached hydrogens (tertiary/aromatic N) is 1. The van der Waals surface area contributed by atoms with Gasteiger partial charge in [0.15, 0.2) is 5.78 Å². The molecule has 6 heteroatoms. The summed E-state index contributed by atoms with van der Waals surface area (Å²) >= 11 is 0. The predicted molar refractivity (Wildman–Crippen MR) is 73.9 cm³/mol. The highest BCUT2D eigenvalue weighted by atomic mass is 32.2. The Morgan fingerprint density at radius 1 is 1.21 bits per heavy atom. The zero-order valence-electron chi connectivity index (χ0n) is 10.9. The molecule has 0 radical (unpaired) electrons. The lowest BCUT2D eigenvalue weighted by Crippen LogP contribution is -2.31. The Morgan fingerprint density at radius 2 is 1.84 bits per heavy atom. The summed E-state index contributed by atoms with van der Waals surface area (Å²) in [6.45, 7) is 3.05. The first-order chi connectivity index (χ1) is 8.89. The van der Waals surface area contributed by atoms with Gasteiger partial charge in [0.1, 0.15) is 4.90 Å². The van der Waals surface area contributed by atoms with Crippen molar-refractivity contribution in [3.63, 3.8) is 0 Å². The molecule has 104 valence electrons. The van der Waals surface area contributed by atoms with Crippen LogP contribution in [0.4, 0.5) is 5.69 Å². The van der Waals surface area contributed by atoms with E-state index in [9.17, 15) is 13.2 Å². The van der Waals surface area contributed by atoms with Crippen LogP contribution in [0.15, 0.2) is 23.1 Å². The minimum absolute atomic E-state index is 0.0436. The molecule has 0 spiro atoms. The largest absolute Gasteiger partial charge is 0.370 e. The van der Waals surface area contributed by atoms with Gasteiger partial charge in [-0.05, 0) is 44.4 Å². The third-order valence-corrected chi connectivity index (χ3v) is 4.31. The maximum Gasteiger partial charge on any atom is 0.240 e. The maximum atomic E-state index is 11.7. The monoisotopic (exact) mass is 282 g/mol. The van der Waals surface area contributed by atoms with Crippen molar-refractivity contribution in [1.82, 2.24) is 0 Å².